The molecule has 0 atom stereocenters. The van der Waals surface area contributed by atoms with Crippen LogP contribution in [0.3, 0.4) is 0 Å². The van der Waals surface area contributed by atoms with Crippen LogP contribution in [0.1, 0.15) is 44.5 Å². The van der Waals surface area contributed by atoms with Gasteiger partial charge in [0.15, 0.2) is 0 Å². The van der Waals surface area contributed by atoms with Gasteiger partial charge in [-0.2, -0.15) is 0 Å². The fraction of sp³-hybridized carbons (Fsp3) is 0.172. The molecule has 0 aromatic heterocycles. The highest BCUT2D eigenvalue weighted by molar-refractivity contribution is 9.10. The Labute approximate surface area is 200 Å². The Morgan fingerprint density at radius 1 is 0.484 bits per heavy atom. The molecule has 6 rings (SSSR count). The molecule has 0 amide bonds. The van der Waals surface area contributed by atoms with Crippen LogP contribution in [0.15, 0.2) is 69.6 Å². The van der Waals surface area contributed by atoms with Crippen LogP contribution in [0, 0.1) is 27.7 Å². The van der Waals surface area contributed by atoms with Gasteiger partial charge < -0.3 is 0 Å². The van der Waals surface area contributed by atoms with E-state index in [2.05, 4.69) is 120 Å². The summed E-state index contributed by atoms with van der Waals surface area (Å²) in [6.07, 6.45) is 0. The number of halogens is 2. The van der Waals surface area contributed by atoms with Crippen molar-refractivity contribution in [2.45, 2.75) is 33.1 Å². The largest absolute Gasteiger partial charge is 0.0725 e. The monoisotopic (exact) mass is 528 g/mol. The molecule has 152 valence electrons. The molecule has 0 aliphatic heterocycles. The van der Waals surface area contributed by atoms with E-state index in [0.29, 0.717) is 0 Å². The molecule has 4 aromatic rings. The number of fused-ring (bicyclic) bond motifs is 10. The molecular formula is C29H22Br2. The Morgan fingerprint density at radius 2 is 0.871 bits per heavy atom. The summed E-state index contributed by atoms with van der Waals surface area (Å²) in [4.78, 5) is 0. The molecule has 1 spiro atoms. The standard InChI is InChI=1S/C29H22Br2/c1-15-5-7-19-20-8-6-16(2)10-24(20)29(23(19)9-15)25-11-17(3)27(30)13-21(25)22-14-28(31)18(4)12-26(22)29/h5-14H,1-4H3. The third kappa shape index (κ3) is 2.41. The van der Waals surface area contributed by atoms with E-state index in [4.69, 9.17) is 0 Å². The molecule has 2 aliphatic rings. The van der Waals surface area contributed by atoms with E-state index >= 15 is 0 Å². The number of hydrogen-bond donors (Lipinski definition) is 0. The predicted octanol–water partition coefficient (Wildman–Crippen LogP) is 8.79. The van der Waals surface area contributed by atoms with Crippen LogP contribution in [0.25, 0.3) is 22.3 Å². The van der Waals surface area contributed by atoms with E-state index in [0.717, 1.165) is 8.95 Å². The normalized spacial score (nSPS) is 14.4. The first-order valence-electron chi connectivity index (χ1n) is 10.7. The molecule has 0 saturated carbocycles. The van der Waals surface area contributed by atoms with Gasteiger partial charge in [-0.25, -0.2) is 0 Å². The summed E-state index contributed by atoms with van der Waals surface area (Å²) in [5.74, 6) is 0. The van der Waals surface area contributed by atoms with Crippen molar-refractivity contribution in [3.8, 4) is 22.3 Å². The molecule has 0 nitrogen and oxygen atoms in total. The third-order valence-electron chi connectivity index (χ3n) is 7.14. The van der Waals surface area contributed by atoms with Gasteiger partial charge in [0, 0.05) is 8.95 Å². The summed E-state index contributed by atoms with van der Waals surface area (Å²) < 4.78 is 2.33. The van der Waals surface area contributed by atoms with Gasteiger partial charge in [-0.05, 0) is 95.5 Å². The third-order valence-corrected chi connectivity index (χ3v) is 8.85. The molecule has 31 heavy (non-hydrogen) atoms. The molecule has 0 unspecified atom stereocenters. The van der Waals surface area contributed by atoms with Crippen molar-refractivity contribution in [3.63, 3.8) is 0 Å². The van der Waals surface area contributed by atoms with Crippen LogP contribution in [-0.2, 0) is 5.41 Å². The second-order valence-corrected chi connectivity index (χ2v) is 10.9. The van der Waals surface area contributed by atoms with Crippen LogP contribution in [0.4, 0.5) is 0 Å². The van der Waals surface area contributed by atoms with Crippen LogP contribution in [-0.4, -0.2) is 0 Å². The minimum atomic E-state index is -0.274. The first-order chi connectivity index (χ1) is 14.8. The Balaban J connectivity index is 1.88. The minimum absolute atomic E-state index is 0.274. The van der Waals surface area contributed by atoms with E-state index in [-0.39, 0.29) is 5.41 Å². The lowest BCUT2D eigenvalue weighted by Crippen LogP contribution is -2.26. The zero-order chi connectivity index (χ0) is 21.7. The van der Waals surface area contributed by atoms with Gasteiger partial charge >= 0.3 is 0 Å². The van der Waals surface area contributed by atoms with Crippen LogP contribution < -0.4 is 0 Å². The fourth-order valence-corrected chi connectivity index (χ4v) is 6.39. The Morgan fingerprint density at radius 3 is 1.29 bits per heavy atom. The molecular weight excluding hydrogens is 508 g/mol. The van der Waals surface area contributed by atoms with Gasteiger partial charge in [-0.15, -0.1) is 0 Å². The summed E-state index contributed by atoms with van der Waals surface area (Å²) in [6.45, 7) is 8.81. The average Bonchev–Trinajstić information content (AvgIpc) is 3.14. The lowest BCUT2D eigenvalue weighted by molar-refractivity contribution is 0.789. The average molecular weight is 530 g/mol. The van der Waals surface area contributed by atoms with Gasteiger partial charge in [0.25, 0.3) is 0 Å². The van der Waals surface area contributed by atoms with Gasteiger partial charge in [0.2, 0.25) is 0 Å². The van der Waals surface area contributed by atoms with Crippen LogP contribution in [0.2, 0.25) is 0 Å². The van der Waals surface area contributed by atoms with Gasteiger partial charge in [-0.3, -0.25) is 0 Å². The van der Waals surface area contributed by atoms with Crippen molar-refractivity contribution in [2.24, 2.45) is 0 Å². The molecule has 2 heteroatoms. The summed E-state index contributed by atoms with van der Waals surface area (Å²) in [6, 6.07) is 23.4. The van der Waals surface area contributed by atoms with E-state index in [9.17, 15) is 0 Å². The summed E-state index contributed by atoms with van der Waals surface area (Å²) >= 11 is 7.61. The first kappa shape index (κ1) is 19.5. The molecule has 0 heterocycles. The second kappa shape index (κ2) is 6.43. The topological polar surface area (TPSA) is 0 Å². The van der Waals surface area contributed by atoms with Gasteiger partial charge in [0.05, 0.1) is 5.41 Å². The predicted molar refractivity (Wildman–Crippen MR) is 137 cm³/mol. The summed E-state index contributed by atoms with van der Waals surface area (Å²) in [5.41, 5.74) is 15.9. The lowest BCUT2D eigenvalue weighted by atomic mass is 9.70. The SMILES string of the molecule is Cc1ccc2c(c1)C1(c3cc(C)ccc3-2)c2cc(C)c(Br)cc2-c2cc(Br)c(C)cc21. The highest BCUT2D eigenvalue weighted by Gasteiger charge is 2.52. The van der Waals surface area contributed by atoms with Crippen molar-refractivity contribution in [1.82, 2.24) is 0 Å². The quantitative estimate of drug-likeness (QED) is 0.184. The van der Waals surface area contributed by atoms with E-state index in [1.54, 1.807) is 0 Å². The second-order valence-electron chi connectivity index (χ2n) is 9.14. The number of hydrogen-bond acceptors (Lipinski definition) is 0. The molecule has 4 aromatic carbocycles. The maximum absolute atomic E-state index is 3.81. The van der Waals surface area contributed by atoms with Crippen molar-refractivity contribution >= 4 is 31.9 Å². The smallest absolute Gasteiger partial charge is 0.0587 e. The van der Waals surface area contributed by atoms with E-state index < -0.39 is 0 Å². The van der Waals surface area contributed by atoms with Crippen molar-refractivity contribution in [1.29, 1.82) is 0 Å². The fourth-order valence-electron chi connectivity index (χ4n) is 5.71. The Kier molecular flexibility index (Phi) is 4.05. The zero-order valence-corrected chi connectivity index (χ0v) is 21.2. The summed E-state index contributed by atoms with van der Waals surface area (Å²) in [5, 5.41) is 0. The van der Waals surface area contributed by atoms with Gasteiger partial charge in [0.1, 0.15) is 0 Å². The van der Waals surface area contributed by atoms with Crippen molar-refractivity contribution < 1.29 is 0 Å². The van der Waals surface area contributed by atoms with Crippen molar-refractivity contribution in [2.75, 3.05) is 0 Å². The van der Waals surface area contributed by atoms with Crippen LogP contribution in [0.5, 0.6) is 0 Å². The highest BCUT2D eigenvalue weighted by atomic mass is 79.9. The molecule has 0 N–H and O–H groups in total. The minimum Gasteiger partial charge on any atom is -0.0587 e. The van der Waals surface area contributed by atoms with Crippen LogP contribution >= 0.6 is 31.9 Å². The van der Waals surface area contributed by atoms with E-state index in [1.807, 2.05) is 0 Å². The molecule has 0 fully saturated rings. The molecule has 2 aliphatic carbocycles. The maximum atomic E-state index is 3.81. The molecule has 0 saturated heterocycles. The number of aryl methyl sites for hydroxylation is 4. The van der Waals surface area contributed by atoms with E-state index in [1.165, 1.54) is 66.8 Å². The number of rotatable bonds is 0. The first-order valence-corrected chi connectivity index (χ1v) is 12.2. The molecule has 0 radical (unpaired) electrons. The Bertz CT molecular complexity index is 1330. The lowest BCUT2D eigenvalue weighted by Gasteiger charge is -2.31. The zero-order valence-electron chi connectivity index (χ0n) is 18.0. The number of benzene rings is 4. The van der Waals surface area contributed by atoms with Crippen molar-refractivity contribution in [3.05, 3.63) is 114 Å². The Hall–Kier alpha value is -2.16. The maximum Gasteiger partial charge on any atom is 0.0725 e. The van der Waals surface area contributed by atoms with Gasteiger partial charge in [-0.1, -0.05) is 91.5 Å². The summed E-state index contributed by atoms with van der Waals surface area (Å²) in [7, 11) is 0. The molecule has 0 bridgehead atoms. The highest BCUT2D eigenvalue weighted by Crippen LogP contribution is 2.63.